The highest BCUT2D eigenvalue weighted by molar-refractivity contribution is 7.99. The van der Waals surface area contributed by atoms with Crippen LogP contribution in [0.1, 0.15) is 35.1 Å². The summed E-state index contributed by atoms with van der Waals surface area (Å²) in [6, 6.07) is 0. The van der Waals surface area contributed by atoms with Gasteiger partial charge in [0, 0.05) is 11.4 Å². The summed E-state index contributed by atoms with van der Waals surface area (Å²) in [5, 5.41) is 4.20. The van der Waals surface area contributed by atoms with E-state index in [1.54, 1.807) is 6.92 Å². The Morgan fingerprint density at radius 3 is 2.89 bits per heavy atom. The van der Waals surface area contributed by atoms with Crippen LogP contribution in [0.3, 0.4) is 0 Å². The molecule has 1 aromatic rings. The molecule has 1 aromatic heterocycles. The Hall–Kier alpha value is -0.750. The summed E-state index contributed by atoms with van der Waals surface area (Å²) >= 11 is 3.56. The van der Waals surface area contributed by atoms with E-state index in [9.17, 15) is 4.79 Å². The first kappa shape index (κ1) is 14.7. The van der Waals surface area contributed by atoms with Gasteiger partial charge in [-0.05, 0) is 44.1 Å². The van der Waals surface area contributed by atoms with Gasteiger partial charge in [0.2, 0.25) is 0 Å². The Labute approximate surface area is 122 Å². The van der Waals surface area contributed by atoms with Gasteiger partial charge in [0.05, 0.1) is 6.61 Å². The van der Waals surface area contributed by atoms with Crippen LogP contribution in [0.4, 0.5) is 5.13 Å². The minimum Gasteiger partial charge on any atom is -0.461 e. The fourth-order valence-corrected chi connectivity index (χ4v) is 4.06. The van der Waals surface area contributed by atoms with E-state index in [-0.39, 0.29) is 5.97 Å². The molecule has 6 heteroatoms. The number of carbonyl (C=O) groups excluding carboxylic acids is 1. The van der Waals surface area contributed by atoms with Crippen LogP contribution < -0.4 is 5.32 Å². The number of carbonyl (C=O) groups is 1. The summed E-state index contributed by atoms with van der Waals surface area (Å²) in [7, 11) is 0. The molecule has 0 unspecified atom stereocenters. The van der Waals surface area contributed by atoms with Crippen LogP contribution >= 0.6 is 23.1 Å². The highest BCUT2D eigenvalue weighted by Gasteiger charge is 2.18. The molecule has 1 fully saturated rings. The summed E-state index contributed by atoms with van der Waals surface area (Å²) in [5.41, 5.74) is 0.452. The first-order chi connectivity index (χ1) is 9.20. The fourth-order valence-electron chi connectivity index (χ4n) is 2.04. The summed E-state index contributed by atoms with van der Waals surface area (Å²) in [5.74, 6) is 2.93. The number of thioether (sulfide) groups is 1. The maximum atomic E-state index is 11.7. The van der Waals surface area contributed by atoms with E-state index in [1.165, 1.54) is 35.7 Å². The molecule has 0 aliphatic carbocycles. The number of thiazole rings is 1. The summed E-state index contributed by atoms with van der Waals surface area (Å²) < 4.78 is 4.99. The first-order valence-corrected chi connectivity index (χ1v) is 8.64. The van der Waals surface area contributed by atoms with Gasteiger partial charge in [-0.3, -0.25) is 0 Å². The molecule has 1 aliphatic heterocycles. The van der Waals surface area contributed by atoms with Crippen molar-refractivity contribution in [3.63, 3.8) is 0 Å². The van der Waals surface area contributed by atoms with E-state index in [0.717, 1.165) is 22.5 Å². The predicted molar refractivity (Wildman–Crippen MR) is 81.3 cm³/mol. The normalized spacial score (nSPS) is 16.3. The lowest BCUT2D eigenvalue weighted by molar-refractivity contribution is 0.0519. The predicted octanol–water partition coefficient (Wildman–Crippen LogP) is 3.18. The molecule has 1 aliphatic rings. The molecule has 0 bridgehead atoms. The van der Waals surface area contributed by atoms with Gasteiger partial charge in [-0.15, -0.1) is 11.3 Å². The molecule has 4 nitrogen and oxygen atoms in total. The topological polar surface area (TPSA) is 51.2 Å². The molecule has 0 aromatic carbocycles. The van der Waals surface area contributed by atoms with E-state index in [4.69, 9.17) is 4.74 Å². The molecular weight excluding hydrogens is 280 g/mol. The van der Waals surface area contributed by atoms with E-state index >= 15 is 0 Å². The third kappa shape index (κ3) is 4.11. The quantitative estimate of drug-likeness (QED) is 0.846. The highest BCUT2D eigenvalue weighted by Crippen LogP contribution is 2.26. The number of anilines is 1. The van der Waals surface area contributed by atoms with Crippen LogP contribution in [0.5, 0.6) is 0 Å². The van der Waals surface area contributed by atoms with Gasteiger partial charge in [-0.2, -0.15) is 11.8 Å². The lowest BCUT2D eigenvalue weighted by Crippen LogP contribution is -2.19. The van der Waals surface area contributed by atoms with Gasteiger partial charge in [0.25, 0.3) is 0 Å². The van der Waals surface area contributed by atoms with Crippen molar-refractivity contribution < 1.29 is 9.53 Å². The number of aromatic nitrogens is 1. The summed E-state index contributed by atoms with van der Waals surface area (Å²) in [6.45, 7) is 5.06. The Bertz CT molecular complexity index is 428. The monoisotopic (exact) mass is 300 g/mol. The molecule has 106 valence electrons. The lowest BCUT2D eigenvalue weighted by Gasteiger charge is -2.21. The second kappa shape index (κ2) is 7.14. The van der Waals surface area contributed by atoms with Crippen molar-refractivity contribution in [2.75, 3.05) is 30.0 Å². The average molecular weight is 300 g/mol. The zero-order valence-electron chi connectivity index (χ0n) is 11.4. The fraction of sp³-hybridized carbons (Fsp3) is 0.692. The number of rotatable bonds is 5. The Balaban J connectivity index is 1.90. The largest absolute Gasteiger partial charge is 0.461 e. The number of esters is 1. The number of nitrogens with zero attached hydrogens (tertiary/aromatic N) is 1. The third-order valence-electron chi connectivity index (χ3n) is 3.15. The molecule has 19 heavy (non-hydrogen) atoms. The summed E-state index contributed by atoms with van der Waals surface area (Å²) in [6.07, 6.45) is 2.54. The number of nitrogens with one attached hydrogen (secondary N) is 1. The van der Waals surface area contributed by atoms with Gasteiger partial charge in [-0.25, -0.2) is 9.78 Å². The minimum atomic E-state index is -0.321. The van der Waals surface area contributed by atoms with Gasteiger partial charge in [-0.1, -0.05) is 0 Å². The summed E-state index contributed by atoms with van der Waals surface area (Å²) in [4.78, 5) is 16.9. The highest BCUT2D eigenvalue weighted by atomic mass is 32.2. The number of aryl methyl sites for hydroxylation is 1. The van der Waals surface area contributed by atoms with Gasteiger partial charge in [0.1, 0.15) is 0 Å². The van der Waals surface area contributed by atoms with Crippen molar-refractivity contribution in [1.29, 1.82) is 0 Å². The molecule has 1 N–H and O–H groups in total. The lowest BCUT2D eigenvalue weighted by atomic mass is 10.0. The van der Waals surface area contributed by atoms with Crippen molar-refractivity contribution in [3.8, 4) is 0 Å². The van der Waals surface area contributed by atoms with E-state index in [0.29, 0.717) is 12.3 Å². The number of hydrogen-bond donors (Lipinski definition) is 1. The second-order valence-electron chi connectivity index (χ2n) is 4.58. The van der Waals surface area contributed by atoms with Crippen molar-refractivity contribution in [2.45, 2.75) is 26.7 Å². The van der Waals surface area contributed by atoms with Crippen molar-refractivity contribution >= 4 is 34.2 Å². The molecule has 0 amide bonds. The van der Waals surface area contributed by atoms with Crippen molar-refractivity contribution in [2.24, 2.45) is 5.92 Å². The van der Waals surface area contributed by atoms with Crippen LogP contribution in [-0.4, -0.2) is 35.6 Å². The Kier molecular flexibility index (Phi) is 5.51. The molecule has 2 heterocycles. The Morgan fingerprint density at radius 2 is 2.21 bits per heavy atom. The average Bonchev–Trinajstić information content (AvgIpc) is 2.79. The van der Waals surface area contributed by atoms with Gasteiger partial charge in [0.15, 0.2) is 10.8 Å². The van der Waals surface area contributed by atoms with Crippen molar-refractivity contribution in [1.82, 2.24) is 4.98 Å². The molecule has 0 saturated carbocycles. The zero-order chi connectivity index (χ0) is 13.7. The van der Waals surface area contributed by atoms with E-state index in [1.807, 2.05) is 18.7 Å². The maximum Gasteiger partial charge on any atom is 0.358 e. The first-order valence-electron chi connectivity index (χ1n) is 6.67. The van der Waals surface area contributed by atoms with Crippen LogP contribution in [0.25, 0.3) is 0 Å². The van der Waals surface area contributed by atoms with Crippen LogP contribution in [0, 0.1) is 12.8 Å². The number of ether oxygens (including phenoxy) is 1. The molecule has 1 saturated heterocycles. The molecule has 0 radical (unpaired) electrons. The van der Waals surface area contributed by atoms with Gasteiger partial charge >= 0.3 is 5.97 Å². The Morgan fingerprint density at radius 1 is 1.47 bits per heavy atom. The smallest absolute Gasteiger partial charge is 0.358 e. The standard InChI is InChI=1S/C13H20N2O2S2/c1-3-17-12(16)11-9(2)19-13(15-11)14-8-10-4-6-18-7-5-10/h10H,3-8H2,1-2H3,(H,14,15). The van der Waals surface area contributed by atoms with Crippen LogP contribution in [-0.2, 0) is 4.74 Å². The SMILES string of the molecule is CCOC(=O)c1nc(NCC2CCSCC2)sc1C. The molecule has 0 atom stereocenters. The second-order valence-corrected chi connectivity index (χ2v) is 7.01. The number of hydrogen-bond acceptors (Lipinski definition) is 6. The maximum absolute atomic E-state index is 11.7. The third-order valence-corrected chi connectivity index (χ3v) is 5.13. The van der Waals surface area contributed by atoms with E-state index in [2.05, 4.69) is 10.3 Å². The van der Waals surface area contributed by atoms with E-state index < -0.39 is 0 Å². The molecule has 0 spiro atoms. The minimum absolute atomic E-state index is 0.321. The zero-order valence-corrected chi connectivity index (χ0v) is 13.0. The van der Waals surface area contributed by atoms with Crippen molar-refractivity contribution in [3.05, 3.63) is 10.6 Å². The molecule has 2 rings (SSSR count). The van der Waals surface area contributed by atoms with Crippen LogP contribution in [0.2, 0.25) is 0 Å². The molecular formula is C13H20N2O2S2. The van der Waals surface area contributed by atoms with Crippen LogP contribution in [0.15, 0.2) is 0 Å². The van der Waals surface area contributed by atoms with Gasteiger partial charge < -0.3 is 10.1 Å².